The zero-order valence-electron chi connectivity index (χ0n) is 7.45. The monoisotopic (exact) mass is 171 g/mol. The Hall–Kier alpha value is -0.610. The van der Waals surface area contributed by atoms with Gasteiger partial charge < -0.3 is 10.8 Å². The molecular weight excluding hydrogens is 154 g/mol. The number of nitrogens with two attached hydrogens (primary N) is 1. The maximum atomic E-state index is 9.41. The van der Waals surface area contributed by atoms with Gasteiger partial charge in [-0.05, 0) is 12.3 Å². The zero-order valence-corrected chi connectivity index (χ0v) is 7.45. The standard InChI is InChI=1S/C8H17N3O/c1-6-2-7(12)4-11(3-6)5-8(9)10/h6-7,12H,2-5H2,1H3,(H3,9,10). The van der Waals surface area contributed by atoms with Gasteiger partial charge in [-0.15, -0.1) is 0 Å². The lowest BCUT2D eigenvalue weighted by atomic mass is 9.98. The van der Waals surface area contributed by atoms with Gasteiger partial charge in [-0.1, -0.05) is 6.92 Å². The highest BCUT2D eigenvalue weighted by Gasteiger charge is 2.22. The molecule has 0 saturated carbocycles. The molecule has 1 heterocycles. The summed E-state index contributed by atoms with van der Waals surface area (Å²) >= 11 is 0. The molecule has 1 rings (SSSR count). The molecule has 70 valence electrons. The van der Waals surface area contributed by atoms with Crippen molar-refractivity contribution < 1.29 is 5.11 Å². The molecule has 1 aliphatic rings. The van der Waals surface area contributed by atoms with Gasteiger partial charge in [-0.2, -0.15) is 0 Å². The third-order valence-electron chi connectivity index (χ3n) is 2.11. The summed E-state index contributed by atoms with van der Waals surface area (Å²) < 4.78 is 0. The molecule has 4 N–H and O–H groups in total. The van der Waals surface area contributed by atoms with E-state index in [-0.39, 0.29) is 11.9 Å². The molecule has 1 fully saturated rings. The molecule has 0 spiro atoms. The Bertz CT molecular complexity index is 162. The Balaban J connectivity index is 2.38. The van der Waals surface area contributed by atoms with Crippen LogP contribution < -0.4 is 5.73 Å². The number of piperidine rings is 1. The van der Waals surface area contributed by atoms with Crippen molar-refractivity contribution in [2.45, 2.75) is 19.4 Å². The Morgan fingerprint density at radius 3 is 2.83 bits per heavy atom. The summed E-state index contributed by atoms with van der Waals surface area (Å²) in [5.74, 6) is 0.685. The van der Waals surface area contributed by atoms with Crippen molar-refractivity contribution in [1.82, 2.24) is 4.90 Å². The summed E-state index contributed by atoms with van der Waals surface area (Å²) in [6, 6.07) is 0. The van der Waals surface area contributed by atoms with Crippen LogP contribution in [0.25, 0.3) is 0 Å². The van der Waals surface area contributed by atoms with Crippen LogP contribution in [0, 0.1) is 11.3 Å². The van der Waals surface area contributed by atoms with E-state index in [0.29, 0.717) is 19.0 Å². The fraction of sp³-hybridized carbons (Fsp3) is 0.875. The second kappa shape index (κ2) is 3.87. The van der Waals surface area contributed by atoms with Gasteiger partial charge in [-0.25, -0.2) is 0 Å². The second-order valence-corrected chi connectivity index (χ2v) is 3.71. The van der Waals surface area contributed by atoms with Gasteiger partial charge in [0, 0.05) is 13.1 Å². The van der Waals surface area contributed by atoms with E-state index < -0.39 is 0 Å². The number of hydrogen-bond acceptors (Lipinski definition) is 3. The van der Waals surface area contributed by atoms with Crippen LogP contribution in [0.4, 0.5) is 0 Å². The number of aliphatic hydroxyl groups is 1. The van der Waals surface area contributed by atoms with Crippen LogP contribution in [0.3, 0.4) is 0 Å². The minimum Gasteiger partial charge on any atom is -0.392 e. The Morgan fingerprint density at radius 1 is 1.67 bits per heavy atom. The van der Waals surface area contributed by atoms with Gasteiger partial charge in [-0.3, -0.25) is 10.3 Å². The minimum atomic E-state index is -0.243. The zero-order chi connectivity index (χ0) is 9.14. The summed E-state index contributed by atoms with van der Waals surface area (Å²) in [5.41, 5.74) is 5.27. The van der Waals surface area contributed by atoms with Gasteiger partial charge in [0.1, 0.15) is 5.84 Å². The largest absolute Gasteiger partial charge is 0.392 e. The molecule has 0 aromatic carbocycles. The van der Waals surface area contributed by atoms with Crippen LogP contribution in [0.5, 0.6) is 0 Å². The minimum absolute atomic E-state index is 0.177. The normalized spacial score (nSPS) is 31.8. The predicted octanol–water partition coefficient (Wildman–Crippen LogP) is -0.375. The van der Waals surface area contributed by atoms with Crippen molar-refractivity contribution in [3.8, 4) is 0 Å². The summed E-state index contributed by atoms with van der Waals surface area (Å²) in [4.78, 5) is 2.03. The molecule has 4 heteroatoms. The number of aliphatic hydroxyl groups excluding tert-OH is 1. The molecule has 0 aromatic rings. The maximum absolute atomic E-state index is 9.41. The average molecular weight is 171 g/mol. The van der Waals surface area contributed by atoms with E-state index in [0.717, 1.165) is 13.0 Å². The highest BCUT2D eigenvalue weighted by Crippen LogP contribution is 2.15. The molecule has 0 aromatic heterocycles. The van der Waals surface area contributed by atoms with Crippen molar-refractivity contribution >= 4 is 5.84 Å². The number of likely N-dealkylation sites (tertiary alicyclic amines) is 1. The molecule has 4 nitrogen and oxygen atoms in total. The SMILES string of the molecule is CC1CC(O)CN(CC(=N)N)C1. The van der Waals surface area contributed by atoms with Gasteiger partial charge in [0.25, 0.3) is 0 Å². The Kier molecular flexibility index (Phi) is 3.05. The van der Waals surface area contributed by atoms with Crippen molar-refractivity contribution in [1.29, 1.82) is 5.41 Å². The van der Waals surface area contributed by atoms with Crippen molar-refractivity contribution in [3.05, 3.63) is 0 Å². The Morgan fingerprint density at radius 2 is 2.33 bits per heavy atom. The smallest absolute Gasteiger partial charge is 0.105 e. The fourth-order valence-corrected chi connectivity index (χ4v) is 1.80. The average Bonchev–Trinajstić information content (AvgIpc) is 1.81. The van der Waals surface area contributed by atoms with Gasteiger partial charge >= 0.3 is 0 Å². The van der Waals surface area contributed by atoms with Crippen molar-refractivity contribution in [3.63, 3.8) is 0 Å². The van der Waals surface area contributed by atoms with Crippen molar-refractivity contribution in [2.75, 3.05) is 19.6 Å². The van der Waals surface area contributed by atoms with Gasteiger partial charge in [0.05, 0.1) is 12.6 Å². The number of nitrogens with one attached hydrogen (secondary N) is 1. The van der Waals surface area contributed by atoms with Crippen LogP contribution in [0.15, 0.2) is 0 Å². The molecule has 0 radical (unpaired) electrons. The summed E-state index contributed by atoms with van der Waals surface area (Å²) in [6.07, 6.45) is 0.627. The lowest BCUT2D eigenvalue weighted by Gasteiger charge is -2.33. The number of amidine groups is 1. The number of nitrogens with zero attached hydrogens (tertiary/aromatic N) is 1. The lowest BCUT2D eigenvalue weighted by molar-refractivity contribution is 0.0526. The van der Waals surface area contributed by atoms with E-state index in [1.54, 1.807) is 0 Å². The number of β-amino-alcohol motifs (C(OH)–C–C–N with tert-alkyl or cyclic N) is 1. The molecule has 12 heavy (non-hydrogen) atoms. The Labute approximate surface area is 72.9 Å². The first kappa shape index (κ1) is 9.48. The van der Waals surface area contributed by atoms with E-state index in [9.17, 15) is 5.11 Å². The van der Waals surface area contributed by atoms with Crippen molar-refractivity contribution in [2.24, 2.45) is 11.7 Å². The predicted molar refractivity (Wildman–Crippen MR) is 48.1 cm³/mol. The van der Waals surface area contributed by atoms with Gasteiger partial charge in [0.2, 0.25) is 0 Å². The van der Waals surface area contributed by atoms with E-state index in [4.69, 9.17) is 11.1 Å². The number of hydrogen-bond donors (Lipinski definition) is 3. The van der Waals surface area contributed by atoms with Crippen LogP contribution in [0.1, 0.15) is 13.3 Å². The third kappa shape index (κ3) is 2.79. The van der Waals surface area contributed by atoms with Crippen LogP contribution in [-0.2, 0) is 0 Å². The van der Waals surface area contributed by atoms with Crippen LogP contribution in [-0.4, -0.2) is 41.6 Å². The molecular formula is C8H17N3O. The van der Waals surface area contributed by atoms with E-state index >= 15 is 0 Å². The third-order valence-corrected chi connectivity index (χ3v) is 2.11. The highest BCUT2D eigenvalue weighted by atomic mass is 16.3. The molecule has 1 aliphatic heterocycles. The first-order valence-electron chi connectivity index (χ1n) is 4.31. The second-order valence-electron chi connectivity index (χ2n) is 3.71. The highest BCUT2D eigenvalue weighted by molar-refractivity contribution is 5.78. The van der Waals surface area contributed by atoms with Crippen LogP contribution >= 0.6 is 0 Å². The molecule has 0 aliphatic carbocycles. The maximum Gasteiger partial charge on any atom is 0.105 e. The summed E-state index contributed by atoms with van der Waals surface area (Å²) in [6.45, 7) is 4.19. The van der Waals surface area contributed by atoms with E-state index in [2.05, 4.69) is 6.92 Å². The molecule has 2 unspecified atom stereocenters. The first-order chi connectivity index (χ1) is 5.58. The topological polar surface area (TPSA) is 73.3 Å². The number of rotatable bonds is 2. The molecule has 2 atom stereocenters. The molecule has 1 saturated heterocycles. The fourth-order valence-electron chi connectivity index (χ4n) is 1.80. The molecule has 0 amide bonds. The summed E-state index contributed by atoms with van der Waals surface area (Å²) in [7, 11) is 0. The summed E-state index contributed by atoms with van der Waals surface area (Å²) in [5, 5.41) is 16.5. The first-order valence-corrected chi connectivity index (χ1v) is 4.31. The molecule has 0 bridgehead atoms. The van der Waals surface area contributed by atoms with E-state index in [1.165, 1.54) is 0 Å². The van der Waals surface area contributed by atoms with Gasteiger partial charge in [0.15, 0.2) is 0 Å². The van der Waals surface area contributed by atoms with Crippen LogP contribution in [0.2, 0.25) is 0 Å². The lowest BCUT2D eigenvalue weighted by Crippen LogP contribution is -2.45. The van der Waals surface area contributed by atoms with E-state index in [1.807, 2.05) is 4.90 Å². The quantitative estimate of drug-likeness (QED) is 0.392.